The Labute approximate surface area is 79.4 Å². The van der Waals surface area contributed by atoms with Crippen molar-refractivity contribution in [3.8, 4) is 12.0 Å². The normalized spacial score (nSPS) is 11.3. The van der Waals surface area contributed by atoms with Crippen molar-refractivity contribution in [2.24, 2.45) is 0 Å². The van der Waals surface area contributed by atoms with Crippen LogP contribution in [-0.4, -0.2) is 31.0 Å². The first kappa shape index (κ1) is 12.0. The minimum absolute atomic E-state index is 0.178. The lowest BCUT2D eigenvalue weighted by molar-refractivity contribution is 0.0130. The van der Waals surface area contributed by atoms with Gasteiger partial charge in [-0.05, 0) is 6.92 Å². The topological polar surface area (TPSA) is 38.7 Å². The molecule has 13 heavy (non-hydrogen) atoms. The van der Waals surface area contributed by atoms with E-state index in [9.17, 15) is 5.11 Å². The van der Waals surface area contributed by atoms with E-state index in [1.165, 1.54) is 0 Å². The van der Waals surface area contributed by atoms with Crippen molar-refractivity contribution >= 4 is 0 Å². The third kappa shape index (κ3) is 8.93. The van der Waals surface area contributed by atoms with Crippen LogP contribution in [0, 0.1) is 12.0 Å². The first-order chi connectivity index (χ1) is 6.16. The average molecular weight is 184 g/mol. The zero-order valence-electron chi connectivity index (χ0n) is 8.17. The van der Waals surface area contributed by atoms with E-state index in [4.69, 9.17) is 9.47 Å². The van der Waals surface area contributed by atoms with E-state index in [1.807, 2.05) is 6.92 Å². The molecule has 0 saturated heterocycles. The summed E-state index contributed by atoms with van der Waals surface area (Å²) in [5.74, 6) is 2.56. The van der Waals surface area contributed by atoms with Gasteiger partial charge in [0.2, 0.25) is 0 Å². The lowest BCUT2D eigenvalue weighted by Gasteiger charge is -2.09. The number of aliphatic hydroxyl groups excluding tert-OH is 1. The van der Waals surface area contributed by atoms with Crippen LogP contribution in [0.25, 0.3) is 0 Å². The van der Waals surface area contributed by atoms with Gasteiger partial charge in [-0.3, -0.25) is 0 Å². The van der Waals surface area contributed by atoms with Crippen molar-refractivity contribution in [1.29, 1.82) is 0 Å². The van der Waals surface area contributed by atoms with Crippen LogP contribution >= 0.6 is 0 Å². The third-order valence-electron chi connectivity index (χ3n) is 1.11. The molecule has 0 heterocycles. The summed E-state index contributed by atoms with van der Waals surface area (Å²) in [6.45, 7) is 8.10. The summed E-state index contributed by atoms with van der Waals surface area (Å²) in [7, 11) is 0. The maximum absolute atomic E-state index is 9.24. The SMILES string of the molecule is C=C(C)COCC(O)COC#CC. The van der Waals surface area contributed by atoms with Crippen LogP contribution in [0.4, 0.5) is 0 Å². The second-order valence-electron chi connectivity index (χ2n) is 2.79. The predicted octanol–water partition coefficient (Wildman–Crippen LogP) is 0.937. The summed E-state index contributed by atoms with van der Waals surface area (Å²) in [4.78, 5) is 0. The molecule has 0 aromatic heterocycles. The van der Waals surface area contributed by atoms with Gasteiger partial charge in [0, 0.05) is 6.92 Å². The van der Waals surface area contributed by atoms with Crippen molar-refractivity contribution in [2.75, 3.05) is 19.8 Å². The molecule has 0 bridgehead atoms. The molecule has 0 aliphatic carbocycles. The van der Waals surface area contributed by atoms with E-state index < -0.39 is 6.10 Å². The van der Waals surface area contributed by atoms with E-state index in [2.05, 4.69) is 18.6 Å². The quantitative estimate of drug-likeness (QED) is 0.493. The molecule has 0 fully saturated rings. The summed E-state index contributed by atoms with van der Waals surface area (Å²) in [5.41, 5.74) is 0.932. The van der Waals surface area contributed by atoms with Crippen LogP contribution in [-0.2, 0) is 9.47 Å². The summed E-state index contributed by atoms with van der Waals surface area (Å²) in [6, 6.07) is 0. The molecule has 0 aromatic carbocycles. The van der Waals surface area contributed by atoms with Gasteiger partial charge in [-0.25, -0.2) is 0 Å². The maximum Gasteiger partial charge on any atom is 0.128 e. The standard InChI is InChI=1S/C10H16O3/c1-4-5-12-7-10(11)8-13-6-9(2)3/h10-11H,2,6-8H2,1,3H3. The smallest absolute Gasteiger partial charge is 0.128 e. The molecule has 1 N–H and O–H groups in total. The average Bonchev–Trinajstić information content (AvgIpc) is 2.04. The van der Waals surface area contributed by atoms with Gasteiger partial charge < -0.3 is 14.6 Å². The molecular formula is C10H16O3. The highest BCUT2D eigenvalue weighted by Gasteiger charge is 2.03. The maximum atomic E-state index is 9.24. The Balaban J connectivity index is 3.33. The van der Waals surface area contributed by atoms with Crippen LogP contribution < -0.4 is 0 Å². The highest BCUT2D eigenvalue weighted by molar-refractivity contribution is 4.87. The van der Waals surface area contributed by atoms with E-state index in [0.29, 0.717) is 6.61 Å². The first-order valence-corrected chi connectivity index (χ1v) is 4.10. The van der Waals surface area contributed by atoms with Crippen molar-refractivity contribution in [3.05, 3.63) is 12.2 Å². The van der Waals surface area contributed by atoms with Gasteiger partial charge in [0.25, 0.3) is 0 Å². The Hall–Kier alpha value is -0.980. The fourth-order valence-corrected chi connectivity index (χ4v) is 0.627. The third-order valence-corrected chi connectivity index (χ3v) is 1.11. The van der Waals surface area contributed by atoms with Crippen molar-refractivity contribution in [3.63, 3.8) is 0 Å². The molecule has 3 heteroatoms. The molecule has 0 aromatic rings. The number of rotatable bonds is 6. The zero-order valence-corrected chi connectivity index (χ0v) is 8.17. The minimum atomic E-state index is -0.625. The molecule has 1 atom stereocenters. The fraction of sp³-hybridized carbons (Fsp3) is 0.600. The van der Waals surface area contributed by atoms with Gasteiger partial charge >= 0.3 is 0 Å². The monoisotopic (exact) mass is 184 g/mol. The molecule has 0 spiro atoms. The molecule has 0 saturated carbocycles. The lowest BCUT2D eigenvalue weighted by atomic mass is 10.4. The van der Waals surface area contributed by atoms with Crippen LogP contribution in [0.15, 0.2) is 12.2 Å². The Morgan fingerprint density at radius 2 is 2.23 bits per heavy atom. The number of hydrogen-bond acceptors (Lipinski definition) is 3. The van der Waals surface area contributed by atoms with Crippen molar-refractivity contribution in [1.82, 2.24) is 0 Å². The summed E-state index contributed by atoms with van der Waals surface area (Å²) in [6.07, 6.45) is 1.77. The van der Waals surface area contributed by atoms with E-state index in [0.717, 1.165) is 5.57 Å². The molecule has 0 rings (SSSR count). The molecule has 3 nitrogen and oxygen atoms in total. The summed E-state index contributed by atoms with van der Waals surface area (Å²) < 4.78 is 9.90. The van der Waals surface area contributed by atoms with Crippen LogP contribution in [0.3, 0.4) is 0 Å². The molecule has 74 valence electrons. The van der Waals surface area contributed by atoms with E-state index in [-0.39, 0.29) is 13.2 Å². The Morgan fingerprint density at radius 3 is 2.77 bits per heavy atom. The second kappa shape index (κ2) is 7.66. The van der Waals surface area contributed by atoms with Crippen LogP contribution in [0.5, 0.6) is 0 Å². The van der Waals surface area contributed by atoms with Crippen LogP contribution in [0.2, 0.25) is 0 Å². The van der Waals surface area contributed by atoms with E-state index >= 15 is 0 Å². The van der Waals surface area contributed by atoms with Crippen molar-refractivity contribution < 1.29 is 14.6 Å². The van der Waals surface area contributed by atoms with Gasteiger partial charge in [-0.1, -0.05) is 18.1 Å². The minimum Gasteiger partial charge on any atom is -0.444 e. The highest BCUT2D eigenvalue weighted by atomic mass is 16.5. The zero-order chi connectivity index (χ0) is 10.1. The summed E-state index contributed by atoms with van der Waals surface area (Å²) >= 11 is 0. The molecular weight excluding hydrogens is 168 g/mol. The van der Waals surface area contributed by atoms with Gasteiger partial charge in [-0.2, -0.15) is 0 Å². The Bertz CT molecular complexity index is 200. The largest absolute Gasteiger partial charge is 0.444 e. The van der Waals surface area contributed by atoms with Gasteiger partial charge in [0.1, 0.15) is 18.8 Å². The number of ether oxygens (including phenoxy) is 2. The Morgan fingerprint density at radius 1 is 1.54 bits per heavy atom. The van der Waals surface area contributed by atoms with Gasteiger partial charge in [-0.15, -0.1) is 0 Å². The molecule has 0 amide bonds. The molecule has 0 aliphatic heterocycles. The second-order valence-corrected chi connectivity index (χ2v) is 2.79. The predicted molar refractivity (Wildman–Crippen MR) is 51.0 cm³/mol. The number of aliphatic hydroxyl groups is 1. The number of hydrogen-bond donors (Lipinski definition) is 1. The molecule has 0 radical (unpaired) electrons. The van der Waals surface area contributed by atoms with E-state index in [1.54, 1.807) is 6.92 Å². The van der Waals surface area contributed by atoms with Gasteiger partial charge in [0.15, 0.2) is 0 Å². The summed E-state index contributed by atoms with van der Waals surface area (Å²) in [5, 5.41) is 9.24. The van der Waals surface area contributed by atoms with Gasteiger partial charge in [0.05, 0.1) is 13.2 Å². The highest BCUT2D eigenvalue weighted by Crippen LogP contribution is 1.91. The molecule has 1 unspecified atom stereocenters. The van der Waals surface area contributed by atoms with Crippen LogP contribution in [0.1, 0.15) is 13.8 Å². The molecule has 0 aliphatic rings. The lowest BCUT2D eigenvalue weighted by Crippen LogP contribution is -2.21. The van der Waals surface area contributed by atoms with Crippen molar-refractivity contribution in [2.45, 2.75) is 20.0 Å². The first-order valence-electron chi connectivity index (χ1n) is 4.10. The fourth-order valence-electron chi connectivity index (χ4n) is 0.627. The Kier molecular flexibility index (Phi) is 7.08.